The molecule has 1 aromatic carbocycles. The first-order valence-corrected chi connectivity index (χ1v) is 7.10. The first-order chi connectivity index (χ1) is 8.99. The van der Waals surface area contributed by atoms with Gasteiger partial charge < -0.3 is 15.2 Å². The van der Waals surface area contributed by atoms with Crippen molar-refractivity contribution < 1.29 is 9.84 Å². The summed E-state index contributed by atoms with van der Waals surface area (Å²) in [5.74, 6) is 0.912. The molecule has 3 nitrogen and oxygen atoms in total. The number of nitrogens with one attached hydrogen (secondary N) is 1. The van der Waals surface area contributed by atoms with Gasteiger partial charge in [0.1, 0.15) is 5.75 Å². The number of aliphatic hydroxyl groups excluding tert-OH is 1. The molecule has 0 aliphatic carbocycles. The molecule has 1 atom stereocenters. The Morgan fingerprint density at radius 3 is 2.68 bits per heavy atom. The van der Waals surface area contributed by atoms with Crippen LogP contribution in [-0.2, 0) is 6.54 Å². The molecule has 0 aromatic heterocycles. The van der Waals surface area contributed by atoms with Crippen molar-refractivity contribution in [3.05, 3.63) is 29.8 Å². The highest BCUT2D eigenvalue weighted by Crippen LogP contribution is 2.18. The molecule has 0 aliphatic heterocycles. The van der Waals surface area contributed by atoms with E-state index in [4.69, 9.17) is 9.84 Å². The fraction of sp³-hybridized carbons (Fsp3) is 0.625. The van der Waals surface area contributed by atoms with Crippen LogP contribution >= 0.6 is 0 Å². The van der Waals surface area contributed by atoms with Gasteiger partial charge >= 0.3 is 0 Å². The third-order valence-electron chi connectivity index (χ3n) is 3.43. The predicted molar refractivity (Wildman–Crippen MR) is 79.4 cm³/mol. The van der Waals surface area contributed by atoms with Gasteiger partial charge in [-0.05, 0) is 51.3 Å². The molecule has 0 aliphatic rings. The van der Waals surface area contributed by atoms with E-state index in [2.05, 4.69) is 31.3 Å². The second kappa shape index (κ2) is 7.51. The standard InChI is InChI=1S/C16H27NO2/c1-5-16(4,9-10-18)17-12-14-7-6-8-15(11-14)19-13(2)3/h6-8,11,13,17-18H,5,9-10,12H2,1-4H3. The minimum atomic E-state index is -0.0103. The lowest BCUT2D eigenvalue weighted by molar-refractivity contribution is 0.214. The average Bonchev–Trinajstić information content (AvgIpc) is 2.36. The van der Waals surface area contributed by atoms with E-state index in [1.165, 1.54) is 5.56 Å². The third kappa shape index (κ3) is 5.62. The molecule has 1 rings (SSSR count). The molecule has 0 heterocycles. The summed E-state index contributed by atoms with van der Waals surface area (Å²) in [7, 11) is 0. The van der Waals surface area contributed by atoms with E-state index in [0.717, 1.165) is 25.1 Å². The van der Waals surface area contributed by atoms with E-state index in [-0.39, 0.29) is 18.2 Å². The summed E-state index contributed by atoms with van der Waals surface area (Å²) in [6.45, 7) is 9.35. The van der Waals surface area contributed by atoms with Crippen LogP contribution in [0.5, 0.6) is 5.75 Å². The van der Waals surface area contributed by atoms with Gasteiger partial charge in [0.05, 0.1) is 6.10 Å². The summed E-state index contributed by atoms with van der Waals surface area (Å²) in [5.41, 5.74) is 1.19. The second-order valence-corrected chi connectivity index (χ2v) is 5.56. The zero-order valence-corrected chi connectivity index (χ0v) is 12.6. The topological polar surface area (TPSA) is 41.5 Å². The second-order valence-electron chi connectivity index (χ2n) is 5.56. The van der Waals surface area contributed by atoms with Gasteiger partial charge in [-0.3, -0.25) is 0 Å². The van der Waals surface area contributed by atoms with Crippen molar-refractivity contribution in [3.8, 4) is 5.75 Å². The normalized spacial score (nSPS) is 14.4. The Hall–Kier alpha value is -1.06. The number of rotatable bonds is 8. The fourth-order valence-electron chi connectivity index (χ4n) is 1.95. The highest BCUT2D eigenvalue weighted by Gasteiger charge is 2.20. The summed E-state index contributed by atoms with van der Waals surface area (Å²) in [6, 6.07) is 8.16. The summed E-state index contributed by atoms with van der Waals surface area (Å²) in [4.78, 5) is 0. The van der Waals surface area contributed by atoms with Crippen molar-refractivity contribution >= 4 is 0 Å². The van der Waals surface area contributed by atoms with Gasteiger partial charge in [-0.25, -0.2) is 0 Å². The zero-order valence-electron chi connectivity index (χ0n) is 12.6. The van der Waals surface area contributed by atoms with Crippen LogP contribution in [0.25, 0.3) is 0 Å². The van der Waals surface area contributed by atoms with Crippen molar-refractivity contribution in [3.63, 3.8) is 0 Å². The number of ether oxygens (including phenoxy) is 1. The molecule has 0 saturated heterocycles. The molecular formula is C16H27NO2. The van der Waals surface area contributed by atoms with E-state index >= 15 is 0 Å². The number of hydrogen-bond donors (Lipinski definition) is 2. The van der Waals surface area contributed by atoms with Gasteiger partial charge in [-0.2, -0.15) is 0 Å². The van der Waals surface area contributed by atoms with E-state index in [1.54, 1.807) is 0 Å². The molecule has 3 heteroatoms. The lowest BCUT2D eigenvalue weighted by Gasteiger charge is -2.29. The van der Waals surface area contributed by atoms with Crippen LogP contribution < -0.4 is 10.1 Å². The smallest absolute Gasteiger partial charge is 0.120 e. The minimum Gasteiger partial charge on any atom is -0.491 e. The molecular weight excluding hydrogens is 238 g/mol. The molecule has 0 saturated carbocycles. The van der Waals surface area contributed by atoms with Crippen LogP contribution in [0.4, 0.5) is 0 Å². The van der Waals surface area contributed by atoms with Gasteiger partial charge in [0.25, 0.3) is 0 Å². The summed E-state index contributed by atoms with van der Waals surface area (Å²) in [6.07, 6.45) is 1.96. The SMILES string of the molecule is CCC(C)(CCO)NCc1cccc(OC(C)C)c1. The highest BCUT2D eigenvalue weighted by molar-refractivity contribution is 5.28. The first-order valence-electron chi connectivity index (χ1n) is 7.10. The molecule has 0 spiro atoms. The van der Waals surface area contributed by atoms with Crippen molar-refractivity contribution in [2.75, 3.05) is 6.61 Å². The predicted octanol–water partition coefficient (Wildman–Crippen LogP) is 3.11. The van der Waals surface area contributed by atoms with E-state index < -0.39 is 0 Å². The molecule has 2 N–H and O–H groups in total. The Balaban J connectivity index is 2.61. The van der Waals surface area contributed by atoms with Gasteiger partial charge in [-0.1, -0.05) is 19.1 Å². The van der Waals surface area contributed by atoms with E-state index in [9.17, 15) is 0 Å². The van der Waals surface area contributed by atoms with Crippen LogP contribution in [-0.4, -0.2) is 23.4 Å². The molecule has 0 bridgehead atoms. The number of hydrogen-bond acceptors (Lipinski definition) is 3. The Morgan fingerprint density at radius 2 is 2.11 bits per heavy atom. The molecule has 108 valence electrons. The maximum atomic E-state index is 9.11. The minimum absolute atomic E-state index is 0.0103. The molecule has 19 heavy (non-hydrogen) atoms. The lowest BCUT2D eigenvalue weighted by Crippen LogP contribution is -2.42. The van der Waals surface area contributed by atoms with E-state index in [0.29, 0.717) is 0 Å². The summed E-state index contributed by atoms with van der Waals surface area (Å²) >= 11 is 0. The lowest BCUT2D eigenvalue weighted by atomic mass is 9.94. The van der Waals surface area contributed by atoms with Crippen LogP contribution in [0.1, 0.15) is 46.1 Å². The average molecular weight is 265 g/mol. The number of benzene rings is 1. The van der Waals surface area contributed by atoms with Gasteiger partial charge in [0, 0.05) is 18.7 Å². The van der Waals surface area contributed by atoms with Gasteiger partial charge in [0.15, 0.2) is 0 Å². The van der Waals surface area contributed by atoms with Crippen molar-refractivity contribution in [2.45, 2.75) is 58.7 Å². The van der Waals surface area contributed by atoms with Crippen LogP contribution in [0.3, 0.4) is 0 Å². The Kier molecular flexibility index (Phi) is 6.32. The van der Waals surface area contributed by atoms with Gasteiger partial charge in [0.2, 0.25) is 0 Å². The Labute approximate surface area is 117 Å². The molecule has 1 unspecified atom stereocenters. The maximum Gasteiger partial charge on any atom is 0.120 e. The van der Waals surface area contributed by atoms with Crippen molar-refractivity contribution in [2.24, 2.45) is 0 Å². The quantitative estimate of drug-likeness (QED) is 0.759. The molecule has 1 aromatic rings. The Bertz CT molecular complexity index is 379. The summed E-state index contributed by atoms with van der Waals surface area (Å²) in [5, 5.41) is 12.6. The molecule has 0 fully saturated rings. The zero-order chi connectivity index (χ0) is 14.3. The first kappa shape index (κ1) is 16.0. The Morgan fingerprint density at radius 1 is 1.37 bits per heavy atom. The van der Waals surface area contributed by atoms with Crippen LogP contribution in [0.15, 0.2) is 24.3 Å². The molecule has 0 radical (unpaired) electrons. The van der Waals surface area contributed by atoms with Gasteiger partial charge in [-0.15, -0.1) is 0 Å². The fourth-order valence-corrected chi connectivity index (χ4v) is 1.95. The number of aliphatic hydroxyl groups is 1. The van der Waals surface area contributed by atoms with Crippen molar-refractivity contribution in [1.29, 1.82) is 0 Å². The largest absolute Gasteiger partial charge is 0.491 e. The highest BCUT2D eigenvalue weighted by atomic mass is 16.5. The maximum absolute atomic E-state index is 9.11. The van der Waals surface area contributed by atoms with Crippen LogP contribution in [0.2, 0.25) is 0 Å². The monoisotopic (exact) mass is 265 g/mol. The third-order valence-corrected chi connectivity index (χ3v) is 3.43. The molecule has 0 amide bonds. The van der Waals surface area contributed by atoms with E-state index in [1.807, 2.05) is 26.0 Å². The van der Waals surface area contributed by atoms with Crippen LogP contribution in [0, 0.1) is 0 Å². The summed E-state index contributed by atoms with van der Waals surface area (Å²) < 4.78 is 5.69. The van der Waals surface area contributed by atoms with Crippen molar-refractivity contribution in [1.82, 2.24) is 5.32 Å².